The minimum absolute atomic E-state index is 0.0504. The van der Waals surface area contributed by atoms with Crippen molar-refractivity contribution in [3.63, 3.8) is 0 Å². The number of nitrogens with one attached hydrogen (secondary N) is 1. The number of carboxylic acids is 1. The molecule has 0 saturated heterocycles. The Morgan fingerprint density at radius 3 is 2.73 bits per heavy atom. The second kappa shape index (κ2) is 6.16. The van der Waals surface area contributed by atoms with Gasteiger partial charge in [0, 0.05) is 6.04 Å². The lowest BCUT2D eigenvalue weighted by molar-refractivity contribution is -0.138. The van der Waals surface area contributed by atoms with Crippen molar-refractivity contribution < 1.29 is 14.7 Å². The molecule has 2 N–H and O–H groups in total. The van der Waals surface area contributed by atoms with Crippen LogP contribution >= 0.6 is 0 Å². The van der Waals surface area contributed by atoms with E-state index < -0.39 is 5.97 Å². The van der Waals surface area contributed by atoms with Crippen LogP contribution < -0.4 is 5.48 Å². The fourth-order valence-electron chi connectivity index (χ4n) is 1.15. The van der Waals surface area contributed by atoms with E-state index in [1.54, 1.807) is 6.92 Å². The van der Waals surface area contributed by atoms with E-state index in [-0.39, 0.29) is 12.5 Å². The molecule has 1 rings (SSSR count). The molecule has 15 heavy (non-hydrogen) atoms. The smallest absolute Gasteiger partial charge is 0.305 e. The lowest BCUT2D eigenvalue weighted by Crippen LogP contribution is -2.28. The molecular weight excluding hydrogens is 194 g/mol. The fourth-order valence-corrected chi connectivity index (χ4v) is 1.15. The molecule has 4 nitrogen and oxygen atoms in total. The first kappa shape index (κ1) is 11.7. The number of aliphatic carboxylic acids is 1. The summed E-state index contributed by atoms with van der Waals surface area (Å²) in [5.41, 5.74) is 3.73. The predicted octanol–water partition coefficient (Wildman–Crippen LogP) is 1.57. The Morgan fingerprint density at radius 1 is 1.47 bits per heavy atom. The molecule has 0 bridgehead atoms. The van der Waals surface area contributed by atoms with Gasteiger partial charge in [-0.2, -0.15) is 5.48 Å². The molecule has 1 aromatic carbocycles. The first-order chi connectivity index (χ1) is 7.18. The second-order valence-electron chi connectivity index (χ2n) is 3.39. The van der Waals surface area contributed by atoms with Crippen molar-refractivity contribution in [1.82, 2.24) is 5.48 Å². The van der Waals surface area contributed by atoms with Crippen molar-refractivity contribution in [3.8, 4) is 0 Å². The van der Waals surface area contributed by atoms with Crippen molar-refractivity contribution >= 4 is 5.97 Å². The summed E-state index contributed by atoms with van der Waals surface area (Å²) in [5.74, 6) is -0.835. The van der Waals surface area contributed by atoms with E-state index in [9.17, 15) is 4.79 Å². The van der Waals surface area contributed by atoms with Crippen LogP contribution in [-0.4, -0.2) is 17.1 Å². The van der Waals surface area contributed by atoms with Gasteiger partial charge in [-0.05, 0) is 12.5 Å². The third kappa shape index (κ3) is 5.15. The van der Waals surface area contributed by atoms with E-state index in [0.717, 1.165) is 5.56 Å². The monoisotopic (exact) mass is 209 g/mol. The lowest BCUT2D eigenvalue weighted by atomic mass is 10.2. The van der Waals surface area contributed by atoms with Gasteiger partial charge in [0.15, 0.2) is 0 Å². The van der Waals surface area contributed by atoms with Crippen molar-refractivity contribution in [1.29, 1.82) is 0 Å². The van der Waals surface area contributed by atoms with Gasteiger partial charge in [0.2, 0.25) is 0 Å². The van der Waals surface area contributed by atoms with Crippen LogP contribution in [0.2, 0.25) is 0 Å². The molecule has 0 heterocycles. The normalized spacial score (nSPS) is 12.3. The quantitative estimate of drug-likeness (QED) is 0.698. The average Bonchev–Trinajstić information content (AvgIpc) is 2.18. The summed E-state index contributed by atoms with van der Waals surface area (Å²) in [6, 6.07) is 9.50. The SMILES string of the molecule is C[C@H](CC(=O)O)NOCc1ccccc1. The maximum absolute atomic E-state index is 10.3. The van der Waals surface area contributed by atoms with Crippen LogP contribution in [0.25, 0.3) is 0 Å². The maximum atomic E-state index is 10.3. The average molecular weight is 209 g/mol. The summed E-state index contributed by atoms with van der Waals surface area (Å²) < 4.78 is 0. The molecule has 0 spiro atoms. The Hall–Kier alpha value is -1.39. The molecule has 0 aromatic heterocycles. The predicted molar refractivity (Wildman–Crippen MR) is 56.1 cm³/mol. The van der Waals surface area contributed by atoms with Crippen LogP contribution in [0, 0.1) is 0 Å². The first-order valence-corrected chi connectivity index (χ1v) is 4.81. The van der Waals surface area contributed by atoms with Gasteiger partial charge >= 0.3 is 5.97 Å². The Labute approximate surface area is 88.8 Å². The first-order valence-electron chi connectivity index (χ1n) is 4.81. The van der Waals surface area contributed by atoms with Crippen LogP contribution in [0.3, 0.4) is 0 Å². The molecule has 1 aromatic rings. The Morgan fingerprint density at radius 2 is 2.13 bits per heavy atom. The minimum atomic E-state index is -0.835. The molecule has 1 atom stereocenters. The maximum Gasteiger partial charge on any atom is 0.305 e. The summed E-state index contributed by atoms with van der Waals surface area (Å²) in [4.78, 5) is 15.5. The summed E-state index contributed by atoms with van der Waals surface area (Å²) in [7, 11) is 0. The van der Waals surface area contributed by atoms with E-state index in [1.165, 1.54) is 0 Å². The van der Waals surface area contributed by atoms with Crippen molar-refractivity contribution in [3.05, 3.63) is 35.9 Å². The van der Waals surface area contributed by atoms with E-state index in [2.05, 4.69) is 5.48 Å². The molecule has 0 fully saturated rings. The third-order valence-electron chi connectivity index (χ3n) is 1.85. The number of hydrogen-bond donors (Lipinski definition) is 2. The molecule has 82 valence electrons. The molecule has 4 heteroatoms. The molecule has 0 aliphatic rings. The van der Waals surface area contributed by atoms with Gasteiger partial charge in [-0.15, -0.1) is 0 Å². The van der Waals surface area contributed by atoms with Crippen LogP contribution in [0.15, 0.2) is 30.3 Å². The number of hydroxylamine groups is 1. The zero-order valence-corrected chi connectivity index (χ0v) is 8.64. The van der Waals surface area contributed by atoms with E-state index in [1.807, 2.05) is 30.3 Å². The molecule has 0 saturated carbocycles. The number of rotatable bonds is 6. The number of hydrogen-bond acceptors (Lipinski definition) is 3. The Balaban J connectivity index is 2.19. The van der Waals surface area contributed by atoms with Gasteiger partial charge in [0.05, 0.1) is 13.0 Å². The van der Waals surface area contributed by atoms with Crippen LogP contribution in [0.5, 0.6) is 0 Å². The summed E-state index contributed by atoms with van der Waals surface area (Å²) in [6.45, 7) is 2.20. The van der Waals surface area contributed by atoms with Crippen LogP contribution in [0.4, 0.5) is 0 Å². The summed E-state index contributed by atoms with van der Waals surface area (Å²) >= 11 is 0. The molecular formula is C11H15NO3. The molecule has 0 amide bonds. The summed E-state index contributed by atoms with van der Waals surface area (Å²) in [5, 5.41) is 8.50. The molecule has 0 unspecified atom stereocenters. The molecule has 0 radical (unpaired) electrons. The largest absolute Gasteiger partial charge is 0.481 e. The molecule has 0 aliphatic heterocycles. The van der Waals surface area contributed by atoms with Gasteiger partial charge < -0.3 is 5.11 Å². The van der Waals surface area contributed by atoms with Gasteiger partial charge in [-0.25, -0.2) is 0 Å². The fraction of sp³-hybridized carbons (Fsp3) is 0.364. The zero-order valence-electron chi connectivity index (χ0n) is 8.64. The molecule has 0 aliphatic carbocycles. The topological polar surface area (TPSA) is 58.6 Å². The van der Waals surface area contributed by atoms with E-state index >= 15 is 0 Å². The Kier molecular flexibility index (Phi) is 4.80. The van der Waals surface area contributed by atoms with E-state index in [0.29, 0.717) is 6.61 Å². The number of carboxylic acid groups (broad SMARTS) is 1. The summed E-state index contributed by atoms with van der Waals surface area (Å²) in [6.07, 6.45) is 0.0504. The minimum Gasteiger partial charge on any atom is -0.481 e. The van der Waals surface area contributed by atoms with Gasteiger partial charge in [-0.3, -0.25) is 9.63 Å². The van der Waals surface area contributed by atoms with E-state index in [4.69, 9.17) is 9.94 Å². The second-order valence-corrected chi connectivity index (χ2v) is 3.39. The highest BCUT2D eigenvalue weighted by Gasteiger charge is 2.06. The van der Waals surface area contributed by atoms with Gasteiger partial charge in [0.25, 0.3) is 0 Å². The highest BCUT2D eigenvalue weighted by molar-refractivity contribution is 5.67. The zero-order chi connectivity index (χ0) is 11.1. The lowest BCUT2D eigenvalue weighted by Gasteiger charge is -2.11. The number of benzene rings is 1. The highest BCUT2D eigenvalue weighted by Crippen LogP contribution is 2.00. The van der Waals surface area contributed by atoms with Crippen molar-refractivity contribution in [2.24, 2.45) is 0 Å². The van der Waals surface area contributed by atoms with Crippen LogP contribution in [-0.2, 0) is 16.2 Å². The van der Waals surface area contributed by atoms with Crippen molar-refractivity contribution in [2.75, 3.05) is 0 Å². The third-order valence-corrected chi connectivity index (χ3v) is 1.85. The Bertz CT molecular complexity index is 300. The highest BCUT2D eigenvalue weighted by atomic mass is 16.6. The van der Waals surface area contributed by atoms with Crippen molar-refractivity contribution in [2.45, 2.75) is 26.0 Å². The number of carbonyl (C=O) groups is 1. The van der Waals surface area contributed by atoms with Gasteiger partial charge in [-0.1, -0.05) is 30.3 Å². The van der Waals surface area contributed by atoms with Gasteiger partial charge in [0.1, 0.15) is 0 Å². The standard InChI is InChI=1S/C11H15NO3/c1-9(7-11(13)14)12-15-8-10-5-3-2-4-6-10/h2-6,9,12H,7-8H2,1H3,(H,13,14)/t9-/m1/s1. The van der Waals surface area contributed by atoms with Crippen LogP contribution in [0.1, 0.15) is 18.9 Å².